The number of nitrogens with zero attached hydrogens (tertiary/aromatic N) is 3. The summed E-state index contributed by atoms with van der Waals surface area (Å²) in [5.41, 5.74) is 6.47. The number of benzene rings is 3. The van der Waals surface area contributed by atoms with E-state index in [0.717, 1.165) is 63.6 Å². The van der Waals surface area contributed by atoms with Crippen molar-refractivity contribution in [2.75, 3.05) is 19.6 Å². The summed E-state index contributed by atoms with van der Waals surface area (Å²) < 4.78 is 2.42. The third-order valence-electron chi connectivity index (χ3n) is 7.89. The molecule has 0 aliphatic carbocycles. The molecule has 1 amide bonds. The van der Waals surface area contributed by atoms with Crippen molar-refractivity contribution in [1.29, 1.82) is 0 Å². The SMILES string of the molecule is O=C(C1CCN(Cc2cc3ccccc3n2Cc2cccc(Cl)c2)CC1)N1CCc2ccccc2C1. The van der Waals surface area contributed by atoms with Crippen LogP contribution in [0.4, 0.5) is 0 Å². The van der Waals surface area contributed by atoms with Crippen LogP contribution in [-0.2, 0) is 30.8 Å². The van der Waals surface area contributed by atoms with Gasteiger partial charge in [0.15, 0.2) is 0 Å². The number of amides is 1. The number of carbonyl (C=O) groups excluding carboxylic acids is 1. The lowest BCUT2D eigenvalue weighted by Crippen LogP contribution is -2.44. The van der Waals surface area contributed by atoms with Crippen LogP contribution in [-0.4, -0.2) is 39.9 Å². The fourth-order valence-corrected chi connectivity index (χ4v) is 6.13. The normalized spacial score (nSPS) is 16.9. The van der Waals surface area contributed by atoms with Gasteiger partial charge in [0, 0.05) is 48.3 Å². The van der Waals surface area contributed by atoms with Crippen LogP contribution in [0.1, 0.15) is 35.2 Å². The minimum atomic E-state index is 0.142. The largest absolute Gasteiger partial charge is 0.339 e. The number of hydrogen-bond donors (Lipinski definition) is 0. The summed E-state index contributed by atoms with van der Waals surface area (Å²) in [6.45, 7) is 5.22. The number of piperidine rings is 1. The van der Waals surface area contributed by atoms with Crippen LogP contribution in [0.3, 0.4) is 0 Å². The lowest BCUT2D eigenvalue weighted by molar-refractivity contribution is -0.138. The molecule has 1 saturated heterocycles. The number of halogens is 1. The molecule has 0 radical (unpaired) electrons. The first-order valence-electron chi connectivity index (χ1n) is 13.0. The van der Waals surface area contributed by atoms with Crippen LogP contribution in [0, 0.1) is 5.92 Å². The fraction of sp³-hybridized carbons (Fsp3) is 0.323. The molecule has 1 fully saturated rings. The molecule has 0 N–H and O–H groups in total. The Hall–Kier alpha value is -3.08. The number of aromatic nitrogens is 1. The summed E-state index contributed by atoms with van der Waals surface area (Å²) >= 11 is 6.27. The van der Waals surface area contributed by atoms with Gasteiger partial charge in [-0.25, -0.2) is 0 Å². The van der Waals surface area contributed by atoms with E-state index in [9.17, 15) is 4.79 Å². The van der Waals surface area contributed by atoms with Gasteiger partial charge < -0.3 is 9.47 Å². The molecule has 184 valence electrons. The van der Waals surface area contributed by atoms with E-state index < -0.39 is 0 Å². The van der Waals surface area contributed by atoms with Gasteiger partial charge in [-0.05, 0) is 78.7 Å². The second-order valence-corrected chi connectivity index (χ2v) is 10.7. The Kier molecular flexibility index (Phi) is 6.56. The average Bonchev–Trinajstić information content (AvgIpc) is 3.25. The highest BCUT2D eigenvalue weighted by Gasteiger charge is 2.30. The van der Waals surface area contributed by atoms with Gasteiger partial charge in [-0.15, -0.1) is 0 Å². The van der Waals surface area contributed by atoms with E-state index in [1.807, 2.05) is 12.1 Å². The zero-order valence-corrected chi connectivity index (χ0v) is 21.3. The van der Waals surface area contributed by atoms with Crippen LogP contribution < -0.4 is 0 Å². The highest BCUT2D eigenvalue weighted by atomic mass is 35.5. The van der Waals surface area contributed by atoms with Gasteiger partial charge in [-0.3, -0.25) is 9.69 Å². The Bertz CT molecular complexity index is 1390. The molecule has 5 heteroatoms. The van der Waals surface area contributed by atoms with Crippen molar-refractivity contribution >= 4 is 28.4 Å². The zero-order valence-electron chi connectivity index (χ0n) is 20.6. The summed E-state index contributed by atoms with van der Waals surface area (Å²) in [5.74, 6) is 0.489. The summed E-state index contributed by atoms with van der Waals surface area (Å²) in [4.78, 5) is 17.9. The molecule has 36 heavy (non-hydrogen) atoms. The molecule has 3 aromatic carbocycles. The third-order valence-corrected chi connectivity index (χ3v) is 8.13. The Morgan fingerprint density at radius 2 is 1.61 bits per heavy atom. The van der Waals surface area contributed by atoms with E-state index in [2.05, 4.69) is 81.1 Å². The van der Waals surface area contributed by atoms with Gasteiger partial charge in [0.05, 0.1) is 0 Å². The van der Waals surface area contributed by atoms with E-state index in [1.165, 1.54) is 33.3 Å². The van der Waals surface area contributed by atoms with Gasteiger partial charge >= 0.3 is 0 Å². The van der Waals surface area contributed by atoms with Gasteiger partial charge in [-0.1, -0.05) is 66.2 Å². The van der Waals surface area contributed by atoms with E-state index in [1.54, 1.807) is 0 Å². The van der Waals surface area contributed by atoms with Crippen molar-refractivity contribution < 1.29 is 4.79 Å². The fourth-order valence-electron chi connectivity index (χ4n) is 5.91. The Labute approximate surface area is 218 Å². The summed E-state index contributed by atoms with van der Waals surface area (Å²) in [7, 11) is 0. The van der Waals surface area contributed by atoms with Crippen LogP contribution >= 0.6 is 11.6 Å². The van der Waals surface area contributed by atoms with Gasteiger partial charge in [-0.2, -0.15) is 0 Å². The summed E-state index contributed by atoms with van der Waals surface area (Å²) in [6.07, 6.45) is 2.84. The molecule has 0 saturated carbocycles. The summed E-state index contributed by atoms with van der Waals surface area (Å²) in [6, 6.07) is 27.6. The number of para-hydroxylation sites is 1. The lowest BCUT2D eigenvalue weighted by atomic mass is 9.93. The zero-order chi connectivity index (χ0) is 24.5. The van der Waals surface area contributed by atoms with Gasteiger partial charge in [0.1, 0.15) is 0 Å². The Morgan fingerprint density at radius 3 is 2.44 bits per heavy atom. The van der Waals surface area contributed by atoms with Crippen molar-refractivity contribution in [3.63, 3.8) is 0 Å². The minimum absolute atomic E-state index is 0.142. The minimum Gasteiger partial charge on any atom is -0.339 e. The standard InChI is InChI=1S/C31H32ClN3O/c32-28-10-5-6-23(18-28)20-35-29(19-26-8-3-4-11-30(26)35)22-33-15-12-25(13-16-33)31(36)34-17-14-24-7-1-2-9-27(24)21-34/h1-11,18-19,25H,12-17,20-22H2. The van der Waals surface area contributed by atoms with Crippen molar-refractivity contribution in [3.05, 3.63) is 106 Å². The smallest absolute Gasteiger partial charge is 0.226 e. The average molecular weight is 498 g/mol. The molecule has 0 bridgehead atoms. The van der Waals surface area contributed by atoms with Crippen LogP contribution in [0.25, 0.3) is 10.9 Å². The number of likely N-dealkylation sites (tertiary alicyclic amines) is 1. The van der Waals surface area contributed by atoms with Gasteiger partial charge in [0.2, 0.25) is 5.91 Å². The quantitative estimate of drug-likeness (QED) is 0.331. The number of rotatable bonds is 5. The molecule has 4 aromatic rings. The molecular formula is C31H32ClN3O. The molecular weight excluding hydrogens is 466 g/mol. The highest BCUT2D eigenvalue weighted by molar-refractivity contribution is 6.30. The molecule has 2 aliphatic heterocycles. The van der Waals surface area contributed by atoms with Gasteiger partial charge in [0.25, 0.3) is 0 Å². The molecule has 0 atom stereocenters. The monoisotopic (exact) mass is 497 g/mol. The van der Waals surface area contributed by atoms with Crippen LogP contribution in [0.15, 0.2) is 78.9 Å². The lowest BCUT2D eigenvalue weighted by Gasteiger charge is -2.36. The van der Waals surface area contributed by atoms with Crippen LogP contribution in [0.2, 0.25) is 5.02 Å². The molecule has 4 nitrogen and oxygen atoms in total. The summed E-state index contributed by atoms with van der Waals surface area (Å²) in [5, 5.41) is 2.04. The van der Waals surface area contributed by atoms with Crippen LogP contribution in [0.5, 0.6) is 0 Å². The Balaban J connectivity index is 1.13. The number of carbonyl (C=O) groups is 1. The first-order valence-corrected chi connectivity index (χ1v) is 13.4. The van der Waals surface area contributed by atoms with Crippen molar-refractivity contribution in [3.8, 4) is 0 Å². The number of hydrogen-bond acceptors (Lipinski definition) is 2. The molecule has 1 aromatic heterocycles. The molecule has 0 unspecified atom stereocenters. The second kappa shape index (κ2) is 10.1. The first-order chi connectivity index (χ1) is 17.6. The number of fused-ring (bicyclic) bond motifs is 2. The maximum Gasteiger partial charge on any atom is 0.226 e. The second-order valence-electron chi connectivity index (χ2n) is 10.2. The maximum atomic E-state index is 13.3. The third kappa shape index (κ3) is 4.80. The predicted octanol–water partition coefficient (Wildman–Crippen LogP) is 6.14. The van der Waals surface area contributed by atoms with E-state index in [4.69, 9.17) is 11.6 Å². The maximum absolute atomic E-state index is 13.3. The van der Waals surface area contributed by atoms with Crippen molar-refractivity contribution in [2.45, 2.75) is 38.9 Å². The molecule has 3 heterocycles. The molecule has 2 aliphatic rings. The van der Waals surface area contributed by atoms with E-state index in [-0.39, 0.29) is 5.92 Å². The van der Waals surface area contributed by atoms with E-state index >= 15 is 0 Å². The van der Waals surface area contributed by atoms with Crippen molar-refractivity contribution in [1.82, 2.24) is 14.4 Å². The Morgan fingerprint density at radius 1 is 0.833 bits per heavy atom. The predicted molar refractivity (Wildman–Crippen MR) is 146 cm³/mol. The van der Waals surface area contributed by atoms with E-state index in [0.29, 0.717) is 5.91 Å². The van der Waals surface area contributed by atoms with Crippen molar-refractivity contribution in [2.24, 2.45) is 5.92 Å². The highest BCUT2D eigenvalue weighted by Crippen LogP contribution is 2.27. The topological polar surface area (TPSA) is 28.5 Å². The molecule has 6 rings (SSSR count). The first kappa shape index (κ1) is 23.3. The molecule has 0 spiro atoms.